The molecule has 1 saturated heterocycles. The van der Waals surface area contributed by atoms with Crippen molar-refractivity contribution in [3.05, 3.63) is 35.7 Å². The molecule has 2 aliphatic rings. The lowest BCUT2D eigenvalue weighted by Crippen LogP contribution is -2.28. The third-order valence-electron chi connectivity index (χ3n) is 5.34. The van der Waals surface area contributed by atoms with Gasteiger partial charge in [-0.3, -0.25) is 0 Å². The van der Waals surface area contributed by atoms with Crippen LogP contribution in [0.4, 0.5) is 5.82 Å². The van der Waals surface area contributed by atoms with Gasteiger partial charge in [0.15, 0.2) is 0 Å². The van der Waals surface area contributed by atoms with E-state index in [2.05, 4.69) is 47.3 Å². The van der Waals surface area contributed by atoms with Crippen LogP contribution in [0.3, 0.4) is 0 Å². The van der Waals surface area contributed by atoms with Crippen LogP contribution in [0.5, 0.6) is 5.75 Å². The second kappa shape index (κ2) is 6.30. The number of rotatable bonds is 2. The highest BCUT2D eigenvalue weighted by molar-refractivity contribution is 5.75. The predicted molar refractivity (Wildman–Crippen MR) is 99.7 cm³/mol. The minimum atomic E-state index is -0.0848. The summed E-state index contributed by atoms with van der Waals surface area (Å²) in [5.74, 6) is 1.55. The molecule has 0 spiro atoms. The maximum Gasteiger partial charge on any atom is 0.131 e. The summed E-state index contributed by atoms with van der Waals surface area (Å²) < 4.78 is 6.28. The average molecular weight is 338 g/mol. The lowest BCUT2D eigenvalue weighted by Gasteiger charge is -2.34. The van der Waals surface area contributed by atoms with Crippen LogP contribution in [0.15, 0.2) is 24.5 Å². The maximum atomic E-state index is 6.28. The molecule has 1 aliphatic carbocycles. The Bertz CT molecular complexity index is 779. The van der Waals surface area contributed by atoms with E-state index in [4.69, 9.17) is 10.5 Å². The molecule has 132 valence electrons. The fourth-order valence-electron chi connectivity index (χ4n) is 4.15. The van der Waals surface area contributed by atoms with Gasteiger partial charge in [-0.1, -0.05) is 13.8 Å². The van der Waals surface area contributed by atoms with E-state index in [9.17, 15) is 0 Å². The van der Waals surface area contributed by atoms with Gasteiger partial charge in [0.2, 0.25) is 0 Å². The number of hydrogen-bond donors (Lipinski definition) is 2. The first-order valence-electron chi connectivity index (χ1n) is 9.16. The number of nitrogens with zero attached hydrogens (tertiary/aromatic N) is 2. The molecule has 2 aromatic rings. The molecular formula is C20H26N4O. The highest BCUT2D eigenvalue weighted by Gasteiger charge is 2.34. The molecule has 4 rings (SSSR count). The highest BCUT2D eigenvalue weighted by Crippen LogP contribution is 2.44. The van der Waals surface area contributed by atoms with E-state index in [-0.39, 0.29) is 5.41 Å². The molecule has 0 bridgehead atoms. The van der Waals surface area contributed by atoms with Gasteiger partial charge in [0.25, 0.3) is 0 Å². The molecule has 0 amide bonds. The van der Waals surface area contributed by atoms with Crippen molar-refractivity contribution >= 4 is 5.82 Å². The number of ether oxygens (including phenoxy) is 1. The molecule has 3 N–H and O–H groups in total. The monoisotopic (exact) mass is 338 g/mol. The first-order chi connectivity index (χ1) is 12.0. The van der Waals surface area contributed by atoms with Gasteiger partial charge in [-0.25, -0.2) is 9.97 Å². The Kier molecular flexibility index (Phi) is 4.12. The molecule has 1 atom stereocenters. The zero-order valence-electron chi connectivity index (χ0n) is 15.0. The Balaban J connectivity index is 1.67. The van der Waals surface area contributed by atoms with Crippen LogP contribution in [0.2, 0.25) is 0 Å². The van der Waals surface area contributed by atoms with Gasteiger partial charge in [-0.15, -0.1) is 0 Å². The van der Waals surface area contributed by atoms with E-state index in [1.54, 1.807) is 6.33 Å². The summed E-state index contributed by atoms with van der Waals surface area (Å²) in [4.78, 5) is 8.74. The van der Waals surface area contributed by atoms with E-state index < -0.39 is 0 Å². The van der Waals surface area contributed by atoms with Crippen molar-refractivity contribution < 1.29 is 4.74 Å². The molecule has 5 heteroatoms. The summed E-state index contributed by atoms with van der Waals surface area (Å²) in [7, 11) is 0. The Morgan fingerprint density at radius 2 is 2.08 bits per heavy atom. The van der Waals surface area contributed by atoms with Crippen molar-refractivity contribution in [2.45, 2.75) is 51.0 Å². The quantitative estimate of drug-likeness (QED) is 0.880. The SMILES string of the molecule is CC1(C)Cc2cc(OC3CCCNCC3)ccc2-c2ncnc(N)c21. The molecule has 5 nitrogen and oxygen atoms in total. The molecule has 0 radical (unpaired) electrons. The zero-order chi connectivity index (χ0) is 17.4. The van der Waals surface area contributed by atoms with Crippen molar-refractivity contribution in [2.75, 3.05) is 18.8 Å². The average Bonchev–Trinajstić information content (AvgIpc) is 2.82. The van der Waals surface area contributed by atoms with Crippen LogP contribution in [-0.4, -0.2) is 29.2 Å². The second-order valence-corrected chi connectivity index (χ2v) is 7.78. The standard InChI is InChI=1S/C20H26N4O/c1-20(2)11-13-10-15(25-14-4-3-8-22-9-7-14)5-6-16(13)18-17(20)19(21)24-12-23-18/h5-6,10,12,14,22H,3-4,7-9,11H2,1-2H3,(H2,21,23,24). The fourth-order valence-corrected chi connectivity index (χ4v) is 4.15. The minimum absolute atomic E-state index is 0.0848. The second-order valence-electron chi connectivity index (χ2n) is 7.78. The van der Waals surface area contributed by atoms with Gasteiger partial charge in [-0.2, -0.15) is 0 Å². The number of nitrogens with one attached hydrogen (secondary N) is 1. The number of hydrogen-bond acceptors (Lipinski definition) is 5. The van der Waals surface area contributed by atoms with Gasteiger partial charge in [0, 0.05) is 11.1 Å². The Labute approximate surface area is 149 Å². The summed E-state index contributed by atoms with van der Waals surface area (Å²) in [6.45, 7) is 6.54. The molecule has 0 saturated carbocycles. The first-order valence-corrected chi connectivity index (χ1v) is 9.16. The van der Waals surface area contributed by atoms with Crippen LogP contribution in [-0.2, 0) is 11.8 Å². The van der Waals surface area contributed by atoms with Crippen molar-refractivity contribution in [3.8, 4) is 17.0 Å². The number of fused-ring (bicyclic) bond motifs is 3. The minimum Gasteiger partial charge on any atom is -0.490 e. The first kappa shape index (κ1) is 16.3. The van der Waals surface area contributed by atoms with Gasteiger partial charge >= 0.3 is 0 Å². The Morgan fingerprint density at radius 1 is 1.20 bits per heavy atom. The normalized spacial score (nSPS) is 21.8. The summed E-state index contributed by atoms with van der Waals surface area (Å²) >= 11 is 0. The zero-order valence-corrected chi connectivity index (χ0v) is 15.0. The fraction of sp³-hybridized carbons (Fsp3) is 0.500. The summed E-state index contributed by atoms with van der Waals surface area (Å²) in [5, 5.41) is 3.43. The van der Waals surface area contributed by atoms with E-state index >= 15 is 0 Å². The van der Waals surface area contributed by atoms with E-state index in [0.29, 0.717) is 11.9 Å². The van der Waals surface area contributed by atoms with Crippen LogP contribution < -0.4 is 15.8 Å². The third-order valence-corrected chi connectivity index (χ3v) is 5.34. The van der Waals surface area contributed by atoms with E-state index in [1.165, 1.54) is 12.0 Å². The Morgan fingerprint density at radius 3 is 2.96 bits per heavy atom. The van der Waals surface area contributed by atoms with Crippen molar-refractivity contribution in [2.24, 2.45) is 0 Å². The van der Waals surface area contributed by atoms with Crippen molar-refractivity contribution in [1.82, 2.24) is 15.3 Å². The molecule has 1 aromatic heterocycles. The number of nitrogens with two attached hydrogens (primary N) is 1. The van der Waals surface area contributed by atoms with Gasteiger partial charge in [0.05, 0.1) is 11.8 Å². The third kappa shape index (κ3) is 3.09. The number of aromatic nitrogens is 2. The molecule has 1 fully saturated rings. The summed E-state index contributed by atoms with van der Waals surface area (Å²) in [6, 6.07) is 6.38. The molecule has 2 heterocycles. The topological polar surface area (TPSA) is 73.1 Å². The lowest BCUT2D eigenvalue weighted by atomic mass is 9.72. The number of benzene rings is 1. The van der Waals surface area contributed by atoms with Crippen LogP contribution >= 0.6 is 0 Å². The predicted octanol–water partition coefficient (Wildman–Crippen LogP) is 3.08. The number of anilines is 1. The molecule has 1 unspecified atom stereocenters. The smallest absolute Gasteiger partial charge is 0.131 e. The van der Waals surface area contributed by atoms with Gasteiger partial charge in [0.1, 0.15) is 17.9 Å². The van der Waals surface area contributed by atoms with Crippen LogP contribution in [0.25, 0.3) is 11.3 Å². The van der Waals surface area contributed by atoms with E-state index in [0.717, 1.165) is 54.9 Å². The molecule has 1 aromatic carbocycles. The lowest BCUT2D eigenvalue weighted by molar-refractivity contribution is 0.187. The van der Waals surface area contributed by atoms with E-state index in [1.807, 2.05) is 0 Å². The summed E-state index contributed by atoms with van der Waals surface area (Å²) in [6.07, 6.45) is 6.12. The maximum absolute atomic E-state index is 6.28. The summed E-state index contributed by atoms with van der Waals surface area (Å²) in [5.41, 5.74) is 10.5. The molecular weight excluding hydrogens is 312 g/mol. The van der Waals surface area contributed by atoms with Crippen molar-refractivity contribution in [1.29, 1.82) is 0 Å². The van der Waals surface area contributed by atoms with Gasteiger partial charge in [-0.05, 0) is 68.0 Å². The molecule has 1 aliphatic heterocycles. The molecule has 25 heavy (non-hydrogen) atoms. The van der Waals surface area contributed by atoms with Crippen LogP contribution in [0.1, 0.15) is 44.2 Å². The highest BCUT2D eigenvalue weighted by atomic mass is 16.5. The van der Waals surface area contributed by atoms with Crippen LogP contribution in [0, 0.1) is 0 Å². The largest absolute Gasteiger partial charge is 0.490 e. The number of nitrogen functional groups attached to an aromatic ring is 1. The van der Waals surface area contributed by atoms with Gasteiger partial charge < -0.3 is 15.8 Å². The van der Waals surface area contributed by atoms with Crippen molar-refractivity contribution in [3.63, 3.8) is 0 Å². The Hall–Kier alpha value is -2.14.